The minimum atomic E-state index is 0.0330. The second kappa shape index (κ2) is 7.50. The molecule has 3 fully saturated rings. The first-order valence-electron chi connectivity index (χ1n) is 9.96. The summed E-state index contributed by atoms with van der Waals surface area (Å²) in [6, 6.07) is 7.20. The Hall–Kier alpha value is -2.08. The third-order valence-electron chi connectivity index (χ3n) is 6.42. The van der Waals surface area contributed by atoms with Crippen molar-refractivity contribution < 1.29 is 19.1 Å². The molecule has 1 spiro atoms. The fourth-order valence-electron chi connectivity index (χ4n) is 4.42. The highest BCUT2D eigenvalue weighted by Crippen LogP contribution is 2.37. The number of methoxy groups -OCH3 is 1. The van der Waals surface area contributed by atoms with Crippen LogP contribution in [0.25, 0.3) is 0 Å². The molecule has 2 amide bonds. The van der Waals surface area contributed by atoms with Crippen LogP contribution in [-0.4, -0.2) is 67.1 Å². The Morgan fingerprint density at radius 2 is 1.63 bits per heavy atom. The van der Waals surface area contributed by atoms with E-state index in [-0.39, 0.29) is 23.3 Å². The van der Waals surface area contributed by atoms with Gasteiger partial charge in [-0.05, 0) is 56.4 Å². The van der Waals surface area contributed by atoms with Gasteiger partial charge in [0.2, 0.25) is 5.91 Å². The molecule has 0 atom stereocenters. The van der Waals surface area contributed by atoms with Crippen molar-refractivity contribution >= 4 is 11.8 Å². The summed E-state index contributed by atoms with van der Waals surface area (Å²) >= 11 is 0. The molecule has 0 unspecified atom stereocenters. The van der Waals surface area contributed by atoms with Crippen LogP contribution in [0, 0.1) is 5.92 Å². The van der Waals surface area contributed by atoms with Crippen molar-refractivity contribution in [3.8, 4) is 5.75 Å². The van der Waals surface area contributed by atoms with Gasteiger partial charge in [0.1, 0.15) is 5.75 Å². The minimum absolute atomic E-state index is 0.0330. The average molecular weight is 372 g/mol. The molecule has 3 aliphatic heterocycles. The number of carbonyl (C=O) groups is 2. The number of hydrogen-bond acceptors (Lipinski definition) is 4. The van der Waals surface area contributed by atoms with Crippen LogP contribution in [0.5, 0.6) is 5.75 Å². The number of amides is 2. The number of hydrogen-bond donors (Lipinski definition) is 0. The van der Waals surface area contributed by atoms with Gasteiger partial charge >= 0.3 is 0 Å². The Morgan fingerprint density at radius 3 is 2.15 bits per heavy atom. The minimum Gasteiger partial charge on any atom is -0.497 e. The Bertz CT molecular complexity index is 681. The van der Waals surface area contributed by atoms with Gasteiger partial charge in [0, 0.05) is 37.7 Å². The largest absolute Gasteiger partial charge is 0.497 e. The van der Waals surface area contributed by atoms with Gasteiger partial charge in [-0.1, -0.05) is 0 Å². The molecule has 6 nitrogen and oxygen atoms in total. The number of carbonyl (C=O) groups excluding carboxylic acids is 2. The molecular weight excluding hydrogens is 344 g/mol. The lowest BCUT2D eigenvalue weighted by molar-refractivity contribution is -0.177. The molecule has 0 bridgehead atoms. The number of piperidine rings is 2. The van der Waals surface area contributed by atoms with Crippen molar-refractivity contribution in [3.63, 3.8) is 0 Å². The monoisotopic (exact) mass is 372 g/mol. The topological polar surface area (TPSA) is 59.1 Å². The smallest absolute Gasteiger partial charge is 0.253 e. The first-order valence-corrected chi connectivity index (χ1v) is 9.96. The summed E-state index contributed by atoms with van der Waals surface area (Å²) in [6.07, 6.45) is 4.57. The van der Waals surface area contributed by atoms with Crippen LogP contribution < -0.4 is 4.74 Å². The summed E-state index contributed by atoms with van der Waals surface area (Å²) in [6.45, 7) is 3.77. The van der Waals surface area contributed by atoms with Crippen molar-refractivity contribution in [2.45, 2.75) is 37.7 Å². The summed E-state index contributed by atoms with van der Waals surface area (Å²) in [7, 11) is 1.61. The Kier molecular flexibility index (Phi) is 5.08. The van der Waals surface area contributed by atoms with Gasteiger partial charge in [-0.25, -0.2) is 0 Å². The molecule has 1 aromatic carbocycles. The fourth-order valence-corrected chi connectivity index (χ4v) is 4.42. The molecule has 1 aromatic rings. The lowest BCUT2D eigenvalue weighted by Crippen LogP contribution is -2.54. The maximum atomic E-state index is 12.9. The van der Waals surface area contributed by atoms with E-state index in [4.69, 9.17) is 9.47 Å². The van der Waals surface area contributed by atoms with Crippen LogP contribution in [-0.2, 0) is 9.53 Å². The SMILES string of the molecule is COc1ccc(C(=O)N2CCC(C(=O)N3CCC4(CCO4)CC3)CC2)cc1. The summed E-state index contributed by atoms with van der Waals surface area (Å²) < 4.78 is 10.9. The van der Waals surface area contributed by atoms with Gasteiger partial charge in [-0.15, -0.1) is 0 Å². The van der Waals surface area contributed by atoms with Crippen molar-refractivity contribution in [2.24, 2.45) is 5.92 Å². The van der Waals surface area contributed by atoms with Crippen LogP contribution in [0.3, 0.4) is 0 Å². The van der Waals surface area contributed by atoms with Crippen molar-refractivity contribution in [1.82, 2.24) is 9.80 Å². The van der Waals surface area contributed by atoms with Gasteiger partial charge in [0.15, 0.2) is 0 Å². The standard InChI is InChI=1S/C21H28N2O4/c1-26-18-4-2-16(3-5-18)19(24)22-11-6-17(7-12-22)20(25)23-13-8-21(9-14-23)10-15-27-21/h2-5,17H,6-15H2,1H3. The quantitative estimate of drug-likeness (QED) is 0.817. The molecule has 3 heterocycles. The van der Waals surface area contributed by atoms with E-state index in [0.717, 1.165) is 57.6 Å². The van der Waals surface area contributed by atoms with E-state index in [1.807, 2.05) is 9.80 Å². The highest BCUT2D eigenvalue weighted by molar-refractivity contribution is 5.94. The second-order valence-corrected chi connectivity index (χ2v) is 7.90. The summed E-state index contributed by atoms with van der Waals surface area (Å²) in [5.74, 6) is 1.08. The van der Waals surface area contributed by atoms with E-state index in [1.54, 1.807) is 31.4 Å². The second-order valence-electron chi connectivity index (χ2n) is 7.90. The van der Waals surface area contributed by atoms with Gasteiger partial charge in [-0.3, -0.25) is 9.59 Å². The zero-order valence-electron chi connectivity index (χ0n) is 16.0. The highest BCUT2D eigenvalue weighted by Gasteiger charge is 2.43. The highest BCUT2D eigenvalue weighted by atomic mass is 16.5. The van der Waals surface area contributed by atoms with E-state index in [9.17, 15) is 9.59 Å². The third kappa shape index (κ3) is 3.68. The number of benzene rings is 1. The van der Waals surface area contributed by atoms with Crippen LogP contribution in [0.15, 0.2) is 24.3 Å². The first-order chi connectivity index (χ1) is 13.1. The van der Waals surface area contributed by atoms with Crippen molar-refractivity contribution in [2.75, 3.05) is 39.9 Å². The molecule has 0 saturated carbocycles. The average Bonchev–Trinajstić information content (AvgIpc) is 2.72. The molecule has 6 heteroatoms. The molecule has 27 heavy (non-hydrogen) atoms. The summed E-state index contributed by atoms with van der Waals surface area (Å²) in [5.41, 5.74) is 0.743. The number of ether oxygens (including phenoxy) is 2. The Labute approximate surface area is 160 Å². The molecule has 4 rings (SSSR count). The van der Waals surface area contributed by atoms with Crippen molar-refractivity contribution in [1.29, 1.82) is 0 Å². The van der Waals surface area contributed by atoms with E-state index in [0.29, 0.717) is 18.7 Å². The Balaban J connectivity index is 1.28. The lowest BCUT2D eigenvalue weighted by Gasteiger charge is -2.48. The molecule has 146 valence electrons. The molecule has 0 N–H and O–H groups in total. The van der Waals surface area contributed by atoms with Gasteiger partial charge in [0.25, 0.3) is 5.91 Å². The van der Waals surface area contributed by atoms with E-state index in [1.165, 1.54) is 0 Å². The molecule has 3 saturated heterocycles. The molecule has 3 aliphatic rings. The van der Waals surface area contributed by atoms with Gasteiger partial charge in [0.05, 0.1) is 19.3 Å². The molecule has 0 radical (unpaired) electrons. The number of rotatable bonds is 3. The summed E-state index contributed by atoms with van der Waals surface area (Å²) in [4.78, 5) is 29.4. The zero-order chi connectivity index (χ0) is 18.9. The maximum Gasteiger partial charge on any atom is 0.253 e. The van der Waals surface area contributed by atoms with E-state index < -0.39 is 0 Å². The molecule has 0 aromatic heterocycles. The van der Waals surface area contributed by atoms with Crippen LogP contribution >= 0.6 is 0 Å². The zero-order valence-corrected chi connectivity index (χ0v) is 16.0. The Morgan fingerprint density at radius 1 is 1.00 bits per heavy atom. The molecule has 0 aliphatic carbocycles. The predicted octanol–water partition coefficient (Wildman–Crippen LogP) is 2.33. The van der Waals surface area contributed by atoms with Gasteiger partial charge in [-0.2, -0.15) is 0 Å². The van der Waals surface area contributed by atoms with Gasteiger partial charge < -0.3 is 19.3 Å². The summed E-state index contributed by atoms with van der Waals surface area (Å²) in [5, 5.41) is 0. The van der Waals surface area contributed by atoms with E-state index >= 15 is 0 Å². The van der Waals surface area contributed by atoms with Crippen LogP contribution in [0.4, 0.5) is 0 Å². The maximum absolute atomic E-state index is 12.9. The number of nitrogens with zero attached hydrogens (tertiary/aromatic N) is 2. The first kappa shape index (κ1) is 18.3. The fraction of sp³-hybridized carbons (Fsp3) is 0.619. The third-order valence-corrected chi connectivity index (χ3v) is 6.42. The van der Waals surface area contributed by atoms with Crippen LogP contribution in [0.2, 0.25) is 0 Å². The molecular formula is C21H28N2O4. The van der Waals surface area contributed by atoms with E-state index in [2.05, 4.69) is 0 Å². The van der Waals surface area contributed by atoms with Crippen LogP contribution in [0.1, 0.15) is 42.5 Å². The predicted molar refractivity (Wildman–Crippen MR) is 101 cm³/mol. The normalized spacial score (nSPS) is 22.4. The lowest BCUT2D eigenvalue weighted by atomic mass is 9.83. The van der Waals surface area contributed by atoms with Crippen molar-refractivity contribution in [3.05, 3.63) is 29.8 Å². The number of likely N-dealkylation sites (tertiary alicyclic amines) is 2.